The Kier molecular flexibility index (Phi) is 4.72. The summed E-state index contributed by atoms with van der Waals surface area (Å²) in [6.45, 7) is 0.315. The zero-order valence-corrected chi connectivity index (χ0v) is 15.4. The number of nitrogens with zero attached hydrogens (tertiary/aromatic N) is 1. The van der Waals surface area contributed by atoms with Crippen molar-refractivity contribution in [2.24, 2.45) is 0 Å². The Labute approximate surface area is 159 Å². The van der Waals surface area contributed by atoms with Crippen LogP contribution in [0.5, 0.6) is 0 Å². The Balaban J connectivity index is 1.37. The minimum Gasteiger partial charge on any atom is -0.354 e. The number of fused-ring (bicyclic) bond motifs is 2. The van der Waals surface area contributed by atoms with Gasteiger partial charge in [0, 0.05) is 6.54 Å². The summed E-state index contributed by atoms with van der Waals surface area (Å²) in [5.74, 6) is -0.610. The molecule has 1 aromatic rings. The van der Waals surface area contributed by atoms with Gasteiger partial charge in [-0.15, -0.1) is 0 Å². The van der Waals surface area contributed by atoms with Gasteiger partial charge in [-0.25, -0.2) is 4.79 Å². The number of benzene rings is 1. The van der Waals surface area contributed by atoms with Gasteiger partial charge in [-0.1, -0.05) is 35.9 Å². The number of hydrogen-bond acceptors (Lipinski definition) is 3. The van der Waals surface area contributed by atoms with Crippen LogP contribution in [-0.2, 0) is 21.5 Å². The smallest absolute Gasteiger partial charge is 0.325 e. The number of carbonyl (C=O) groups excluding carboxylic acids is 3. The van der Waals surface area contributed by atoms with Crippen molar-refractivity contribution in [3.8, 4) is 0 Å². The first-order chi connectivity index (χ1) is 13.1. The molecule has 1 aliphatic heterocycles. The van der Waals surface area contributed by atoms with Gasteiger partial charge >= 0.3 is 6.03 Å². The van der Waals surface area contributed by atoms with Crippen LogP contribution in [-0.4, -0.2) is 35.8 Å². The van der Waals surface area contributed by atoms with E-state index in [4.69, 9.17) is 0 Å². The normalized spacial score (nSPS) is 24.0. The minimum absolute atomic E-state index is 0.229. The molecule has 142 valence electrons. The Morgan fingerprint density at radius 3 is 2.85 bits per heavy atom. The summed E-state index contributed by atoms with van der Waals surface area (Å²) in [6, 6.07) is 7.20. The standard InChI is InChI=1S/C21H25N3O3/c25-18(22-13-11-15-6-2-1-3-7-15)14-24-19(26)21(23-20(24)27)12-10-16-8-4-5-9-17(16)21/h4-6,8-9H,1-3,7,10-14H2,(H,22,25)(H,23,27)/t21-/m1/s1. The highest BCUT2D eigenvalue weighted by molar-refractivity contribution is 6.09. The lowest BCUT2D eigenvalue weighted by Crippen LogP contribution is -2.44. The zero-order chi connectivity index (χ0) is 18.9. The lowest BCUT2D eigenvalue weighted by Gasteiger charge is -2.22. The SMILES string of the molecule is O=C(CN1C(=O)N[C@@]2(CCc3ccccc32)C1=O)NCCC1=CCCCC1. The van der Waals surface area contributed by atoms with Crippen LogP contribution in [0.2, 0.25) is 0 Å². The van der Waals surface area contributed by atoms with Crippen LogP contribution in [0.3, 0.4) is 0 Å². The average molecular weight is 367 g/mol. The van der Waals surface area contributed by atoms with E-state index in [1.54, 1.807) is 0 Å². The molecule has 1 saturated heterocycles. The molecule has 1 aromatic carbocycles. The topological polar surface area (TPSA) is 78.5 Å². The molecule has 0 aromatic heterocycles. The summed E-state index contributed by atoms with van der Waals surface area (Å²) < 4.78 is 0. The first kappa shape index (κ1) is 17.8. The van der Waals surface area contributed by atoms with Gasteiger partial charge in [0.15, 0.2) is 0 Å². The molecule has 2 N–H and O–H groups in total. The summed E-state index contributed by atoms with van der Waals surface area (Å²) in [7, 11) is 0. The van der Waals surface area contributed by atoms with E-state index in [1.165, 1.54) is 18.4 Å². The van der Waals surface area contributed by atoms with E-state index in [2.05, 4.69) is 16.7 Å². The fourth-order valence-corrected chi connectivity index (χ4v) is 4.43. The average Bonchev–Trinajstić information content (AvgIpc) is 3.16. The molecule has 0 saturated carbocycles. The van der Waals surface area contributed by atoms with E-state index < -0.39 is 11.6 Å². The quantitative estimate of drug-likeness (QED) is 0.620. The van der Waals surface area contributed by atoms with Crippen molar-refractivity contribution in [1.29, 1.82) is 0 Å². The number of hydrogen-bond donors (Lipinski definition) is 2. The Hall–Kier alpha value is -2.63. The second kappa shape index (κ2) is 7.18. The lowest BCUT2D eigenvalue weighted by atomic mass is 9.92. The predicted octanol–water partition coefficient (Wildman–Crippen LogP) is 2.39. The van der Waals surface area contributed by atoms with Crippen LogP contribution in [0.4, 0.5) is 4.79 Å². The van der Waals surface area contributed by atoms with Crippen molar-refractivity contribution in [3.63, 3.8) is 0 Å². The van der Waals surface area contributed by atoms with Crippen LogP contribution in [0.25, 0.3) is 0 Å². The molecule has 0 bridgehead atoms. The fraction of sp³-hybridized carbons (Fsp3) is 0.476. The molecule has 3 aliphatic rings. The molecule has 1 heterocycles. The molecule has 2 aliphatic carbocycles. The third-order valence-corrected chi connectivity index (χ3v) is 5.88. The molecule has 0 radical (unpaired) electrons. The highest BCUT2D eigenvalue weighted by Gasteiger charge is 2.55. The van der Waals surface area contributed by atoms with Crippen molar-refractivity contribution >= 4 is 17.8 Å². The molecule has 6 heteroatoms. The van der Waals surface area contributed by atoms with E-state index in [0.29, 0.717) is 13.0 Å². The number of aryl methyl sites for hydroxylation is 1. The molecule has 0 unspecified atom stereocenters. The highest BCUT2D eigenvalue weighted by atomic mass is 16.2. The molecule has 1 fully saturated rings. The minimum atomic E-state index is -0.999. The van der Waals surface area contributed by atoms with E-state index >= 15 is 0 Å². The van der Waals surface area contributed by atoms with Gasteiger partial charge < -0.3 is 10.6 Å². The maximum atomic E-state index is 13.0. The van der Waals surface area contributed by atoms with Crippen molar-refractivity contribution in [3.05, 3.63) is 47.0 Å². The molecule has 1 atom stereocenters. The van der Waals surface area contributed by atoms with E-state index in [-0.39, 0.29) is 18.4 Å². The number of imide groups is 1. The molecule has 4 amide bonds. The van der Waals surface area contributed by atoms with Crippen LogP contribution in [0.15, 0.2) is 35.9 Å². The van der Waals surface area contributed by atoms with Crippen LogP contribution in [0.1, 0.15) is 49.7 Å². The van der Waals surface area contributed by atoms with Gasteiger partial charge in [0.2, 0.25) is 5.91 Å². The van der Waals surface area contributed by atoms with Crippen LogP contribution < -0.4 is 10.6 Å². The number of amides is 4. The predicted molar refractivity (Wildman–Crippen MR) is 101 cm³/mol. The van der Waals surface area contributed by atoms with Crippen molar-refractivity contribution in [2.75, 3.05) is 13.1 Å². The number of nitrogens with one attached hydrogen (secondary N) is 2. The second-order valence-corrected chi connectivity index (χ2v) is 7.59. The molecule has 4 rings (SSSR count). The number of carbonyl (C=O) groups is 3. The molecular weight excluding hydrogens is 342 g/mol. The molecule has 6 nitrogen and oxygen atoms in total. The summed E-state index contributed by atoms with van der Waals surface area (Å²) in [5.41, 5.74) is 2.33. The Morgan fingerprint density at radius 1 is 1.19 bits per heavy atom. The van der Waals surface area contributed by atoms with E-state index in [0.717, 1.165) is 41.7 Å². The van der Waals surface area contributed by atoms with Gasteiger partial charge in [0.25, 0.3) is 5.91 Å². The van der Waals surface area contributed by atoms with Gasteiger partial charge in [-0.2, -0.15) is 0 Å². The van der Waals surface area contributed by atoms with Gasteiger partial charge in [0.1, 0.15) is 12.1 Å². The molecular formula is C21H25N3O3. The lowest BCUT2D eigenvalue weighted by molar-refractivity contribution is -0.135. The van der Waals surface area contributed by atoms with Crippen LogP contribution >= 0.6 is 0 Å². The summed E-state index contributed by atoms with van der Waals surface area (Å²) in [5, 5.41) is 5.69. The monoisotopic (exact) mass is 367 g/mol. The third kappa shape index (κ3) is 3.24. The van der Waals surface area contributed by atoms with Crippen LogP contribution in [0, 0.1) is 0 Å². The highest BCUT2D eigenvalue weighted by Crippen LogP contribution is 2.41. The largest absolute Gasteiger partial charge is 0.354 e. The zero-order valence-electron chi connectivity index (χ0n) is 15.4. The number of rotatable bonds is 5. The summed E-state index contributed by atoms with van der Waals surface area (Å²) >= 11 is 0. The molecule has 27 heavy (non-hydrogen) atoms. The first-order valence-electron chi connectivity index (χ1n) is 9.77. The number of allylic oxidation sites excluding steroid dienone is 1. The van der Waals surface area contributed by atoms with E-state index in [1.807, 2.05) is 24.3 Å². The van der Waals surface area contributed by atoms with Crippen molar-refractivity contribution in [2.45, 2.75) is 50.5 Å². The maximum Gasteiger partial charge on any atom is 0.325 e. The van der Waals surface area contributed by atoms with Crippen molar-refractivity contribution in [1.82, 2.24) is 15.5 Å². The van der Waals surface area contributed by atoms with E-state index in [9.17, 15) is 14.4 Å². The fourth-order valence-electron chi connectivity index (χ4n) is 4.43. The third-order valence-electron chi connectivity index (χ3n) is 5.88. The first-order valence-corrected chi connectivity index (χ1v) is 9.77. The Bertz CT molecular complexity index is 817. The number of urea groups is 1. The molecule has 1 spiro atoms. The summed E-state index contributed by atoms with van der Waals surface area (Å²) in [6.07, 6.45) is 9.07. The maximum absolute atomic E-state index is 13.0. The van der Waals surface area contributed by atoms with Gasteiger partial charge in [-0.3, -0.25) is 14.5 Å². The Morgan fingerprint density at radius 2 is 2.04 bits per heavy atom. The summed E-state index contributed by atoms with van der Waals surface area (Å²) in [4.78, 5) is 38.8. The van der Waals surface area contributed by atoms with Gasteiger partial charge in [0.05, 0.1) is 0 Å². The van der Waals surface area contributed by atoms with Crippen molar-refractivity contribution < 1.29 is 14.4 Å². The van der Waals surface area contributed by atoms with Gasteiger partial charge in [-0.05, 0) is 56.1 Å². The second-order valence-electron chi connectivity index (χ2n) is 7.59.